The van der Waals surface area contributed by atoms with E-state index in [1.54, 1.807) is 26.4 Å². The van der Waals surface area contributed by atoms with Crippen LogP contribution in [0.5, 0.6) is 17.2 Å². The van der Waals surface area contributed by atoms with Gasteiger partial charge in [-0.25, -0.2) is 29.9 Å². The van der Waals surface area contributed by atoms with E-state index in [0.717, 1.165) is 78.4 Å². The number of rotatable bonds is 5. The number of methoxy groups -OCH3 is 2. The highest BCUT2D eigenvalue weighted by atomic mass is 79.9. The van der Waals surface area contributed by atoms with E-state index in [0.29, 0.717) is 15.5 Å². The molecule has 0 bridgehead atoms. The summed E-state index contributed by atoms with van der Waals surface area (Å²) in [4.78, 5) is 27.8. The van der Waals surface area contributed by atoms with Crippen molar-refractivity contribution in [2.45, 2.75) is 7.43 Å². The molecular weight excluding hydrogens is 1110 g/mol. The van der Waals surface area contributed by atoms with Crippen LogP contribution in [0.2, 0.25) is 15.5 Å². The highest BCUT2D eigenvalue weighted by Crippen LogP contribution is 2.32. The van der Waals surface area contributed by atoms with Gasteiger partial charge in [0.2, 0.25) is 0 Å². The fourth-order valence-electron chi connectivity index (χ4n) is 5.99. The van der Waals surface area contributed by atoms with Crippen LogP contribution in [-0.2, 0) is 14.1 Å². The lowest BCUT2D eigenvalue weighted by Gasteiger charge is -2.05. The van der Waals surface area contributed by atoms with E-state index in [4.69, 9.17) is 67.5 Å². The van der Waals surface area contributed by atoms with Crippen molar-refractivity contribution in [1.82, 2.24) is 44.0 Å². The molecule has 0 saturated carbocycles. The first-order valence-electron chi connectivity index (χ1n) is 17.8. The van der Waals surface area contributed by atoms with Crippen LogP contribution in [0.25, 0.3) is 66.9 Å². The molecule has 0 fully saturated rings. The van der Waals surface area contributed by atoms with Crippen molar-refractivity contribution < 1.29 is 14.6 Å². The van der Waals surface area contributed by atoms with Gasteiger partial charge in [-0.05, 0) is 108 Å². The molecule has 328 valence electrons. The third-order valence-corrected chi connectivity index (χ3v) is 9.78. The summed E-state index contributed by atoms with van der Waals surface area (Å²) in [6, 6.07) is 28.6. The van der Waals surface area contributed by atoms with E-state index in [-0.39, 0.29) is 21.7 Å². The van der Waals surface area contributed by atoms with Gasteiger partial charge in [-0.1, -0.05) is 42.2 Å². The number of nitrogens with zero attached hydrogens (tertiary/aromatic N) is 8. The van der Waals surface area contributed by atoms with Gasteiger partial charge in [-0.2, -0.15) is 0 Å². The number of nitrogens with one attached hydrogen (secondary N) is 1. The number of alkyl halides is 2. The van der Waals surface area contributed by atoms with E-state index < -0.39 is 0 Å². The number of aromatic hydroxyl groups is 1. The molecule has 63 heavy (non-hydrogen) atoms. The molecule has 3 aromatic carbocycles. The highest BCUT2D eigenvalue weighted by molar-refractivity contribution is 9.69. The average molecular weight is 1140 g/mol. The zero-order valence-electron chi connectivity index (χ0n) is 33.0. The van der Waals surface area contributed by atoms with Gasteiger partial charge < -0.3 is 28.7 Å². The van der Waals surface area contributed by atoms with Gasteiger partial charge in [0.1, 0.15) is 68.6 Å². The molecule has 12 nitrogen and oxygen atoms in total. The molecule has 21 heteroatoms. The van der Waals surface area contributed by atoms with Crippen molar-refractivity contribution in [2.24, 2.45) is 14.1 Å². The monoisotopic (exact) mass is 1140 g/mol. The van der Waals surface area contributed by atoms with Crippen LogP contribution in [0.1, 0.15) is 7.43 Å². The van der Waals surface area contributed by atoms with Crippen molar-refractivity contribution in [3.63, 3.8) is 0 Å². The van der Waals surface area contributed by atoms with Gasteiger partial charge >= 0.3 is 3.18 Å². The Morgan fingerprint density at radius 3 is 1.33 bits per heavy atom. The van der Waals surface area contributed by atoms with Crippen molar-refractivity contribution in [3.05, 3.63) is 125 Å². The Kier molecular flexibility index (Phi) is 20.3. The van der Waals surface area contributed by atoms with E-state index in [9.17, 15) is 5.11 Å². The molecular formula is C42H38BBr3Cl5N9O3. The Morgan fingerprint density at radius 1 is 0.587 bits per heavy atom. The fraction of sp³-hybridized carbons (Fsp3) is 0.143. The minimum atomic E-state index is 0. The molecule has 0 unspecified atom stereocenters. The molecule has 9 rings (SSSR count). The summed E-state index contributed by atoms with van der Waals surface area (Å²) in [5, 5.41) is 13.4. The number of ether oxygens (including phenoxy) is 2. The predicted octanol–water partition coefficient (Wildman–Crippen LogP) is 13.8. The molecule has 0 atom stereocenters. The van der Waals surface area contributed by atoms with E-state index in [2.05, 4.69) is 82.2 Å². The second-order valence-electron chi connectivity index (χ2n) is 12.4. The standard InChI is InChI=1S/C14H12ClN3O.2C13H10ClN3O.CH2Cl2.CH4.BBr3/c1-18-12(9-3-5-10(19-2)6-4-9)7-11-13(15)16-8-17-14(11)18;1-18-9-4-2-8(3-5-9)11-6-10-12(14)15-7-16-13(10)17-11;1-17-11(8-2-4-9(18)5-3-8)6-10-12(14)15-7-16-13(10)17;2-1-3;;2-1(3)4/h3-8H,1-2H3;2-7H,1H3,(H,15,16,17);2-7,18H,1H3;1H2;1H4;. The number of fused-ring (bicyclic) bond motifs is 3. The molecule has 6 heterocycles. The number of aromatic amines is 1. The first kappa shape index (κ1) is 51.5. The molecule has 2 N–H and O–H groups in total. The lowest BCUT2D eigenvalue weighted by Crippen LogP contribution is -1.93. The Hall–Kier alpha value is -4.13. The number of hydrogen-bond donors (Lipinski definition) is 2. The summed E-state index contributed by atoms with van der Waals surface area (Å²) in [7, 11) is 7.19. The van der Waals surface area contributed by atoms with Gasteiger partial charge in [0.05, 0.1) is 47.1 Å². The number of aryl methyl sites for hydroxylation is 2. The lowest BCUT2D eigenvalue weighted by molar-refractivity contribution is 0.415. The minimum Gasteiger partial charge on any atom is -0.508 e. The third kappa shape index (κ3) is 13.5. The van der Waals surface area contributed by atoms with Crippen LogP contribution in [0.4, 0.5) is 0 Å². The van der Waals surface area contributed by atoms with Crippen molar-refractivity contribution in [3.8, 4) is 51.0 Å². The minimum absolute atomic E-state index is 0. The largest absolute Gasteiger partial charge is 0.508 e. The number of H-pyrrole nitrogens is 1. The number of phenols is 1. The Morgan fingerprint density at radius 2 is 0.952 bits per heavy atom. The van der Waals surface area contributed by atoms with Crippen molar-refractivity contribution in [1.29, 1.82) is 0 Å². The molecule has 0 saturated heterocycles. The van der Waals surface area contributed by atoms with Crippen LogP contribution in [0.15, 0.2) is 110 Å². The van der Waals surface area contributed by atoms with E-state index >= 15 is 0 Å². The lowest BCUT2D eigenvalue weighted by atomic mass is 10.1. The normalized spacial score (nSPS) is 10.2. The molecule has 0 radical (unpaired) electrons. The summed E-state index contributed by atoms with van der Waals surface area (Å²) in [5.74, 6) is 1.91. The van der Waals surface area contributed by atoms with Crippen LogP contribution in [0.3, 0.4) is 0 Å². The zero-order chi connectivity index (χ0) is 44.9. The van der Waals surface area contributed by atoms with Crippen LogP contribution < -0.4 is 9.47 Å². The number of hydrogen-bond acceptors (Lipinski definition) is 9. The fourth-order valence-corrected chi connectivity index (χ4v) is 6.55. The quantitative estimate of drug-likeness (QED) is 0.0978. The third-order valence-electron chi connectivity index (χ3n) is 8.88. The van der Waals surface area contributed by atoms with Gasteiger partial charge in [0.15, 0.2) is 0 Å². The maximum atomic E-state index is 9.31. The molecule has 0 aliphatic heterocycles. The van der Waals surface area contributed by atoms with Crippen LogP contribution in [-0.4, -0.2) is 71.9 Å². The van der Waals surface area contributed by atoms with Gasteiger partial charge in [-0.15, -0.1) is 70.5 Å². The Labute approximate surface area is 414 Å². The van der Waals surface area contributed by atoms with Crippen LogP contribution in [0, 0.1) is 0 Å². The van der Waals surface area contributed by atoms with E-state index in [1.165, 1.54) is 19.0 Å². The van der Waals surface area contributed by atoms with Crippen LogP contribution >= 0.6 is 105 Å². The zero-order valence-corrected chi connectivity index (χ0v) is 41.6. The maximum Gasteiger partial charge on any atom is 0.369 e. The Balaban J connectivity index is 0.000000191. The second kappa shape index (κ2) is 24.8. The van der Waals surface area contributed by atoms with Gasteiger partial charge in [0.25, 0.3) is 0 Å². The first-order valence-corrected chi connectivity index (χ1v) is 22.8. The maximum absolute atomic E-state index is 9.31. The number of phenolic OH excluding ortho intramolecular Hbond substituents is 1. The van der Waals surface area contributed by atoms with Gasteiger partial charge in [0, 0.05) is 19.8 Å². The summed E-state index contributed by atoms with van der Waals surface area (Å²) in [6.45, 7) is 0. The summed E-state index contributed by atoms with van der Waals surface area (Å²) < 4.78 is 14.5. The summed E-state index contributed by atoms with van der Waals surface area (Å²) in [6.07, 6.45) is 4.37. The molecule has 0 spiro atoms. The van der Waals surface area contributed by atoms with Crippen molar-refractivity contribution >= 4 is 142 Å². The summed E-state index contributed by atoms with van der Waals surface area (Å²) in [5.41, 5.74) is 8.44. The Bertz CT molecular complexity index is 2850. The SMILES string of the molecule is BrB(Br)Br.C.COc1ccc(-c2cc3c(Cl)ncnc3[nH]2)cc1.COc1ccc(-c2cc3c(Cl)ncnc3n2C)cc1.ClCCl.Cn1c(-c2ccc(O)cc2)cc2c(Cl)ncnc21. The smallest absolute Gasteiger partial charge is 0.369 e. The number of halogens is 8. The topological polar surface area (TPSA) is 142 Å². The molecule has 0 aliphatic carbocycles. The average Bonchev–Trinajstić information content (AvgIpc) is 3.97. The molecule has 6 aromatic heterocycles. The second-order valence-corrected chi connectivity index (χ2v) is 20.8. The molecule has 0 aliphatic rings. The summed E-state index contributed by atoms with van der Waals surface area (Å²) >= 11 is 37.0. The predicted molar refractivity (Wildman–Crippen MR) is 273 cm³/mol. The number of benzene rings is 3. The highest BCUT2D eigenvalue weighted by Gasteiger charge is 2.13. The van der Waals surface area contributed by atoms with Gasteiger partial charge in [-0.3, -0.25) is 0 Å². The van der Waals surface area contributed by atoms with E-state index in [1.807, 2.05) is 102 Å². The van der Waals surface area contributed by atoms with Crippen molar-refractivity contribution in [2.75, 3.05) is 19.6 Å². The number of aromatic nitrogens is 9. The molecule has 9 aromatic rings. The molecule has 0 amide bonds. The first-order chi connectivity index (χ1) is 29.8.